The number of thiazole rings is 1. The van der Waals surface area contributed by atoms with Crippen LogP contribution in [-0.2, 0) is 11.3 Å². The van der Waals surface area contributed by atoms with Crippen LogP contribution in [0.1, 0.15) is 29.9 Å². The standard InChI is InChI=1S/C24H28N8O3S/c1-15-19(6-17(8-25-15)28-21(34)12-30-13-24(2,3)14-30)29-22(35)18-9-27-32-11-20(36-23(18)32)16-7-26-31(10-16)4-5-33/h6-11,33H,4-5,12-14H2,1-3H3,(H,28,34)(H,29,35). The molecule has 12 heteroatoms. The molecule has 0 saturated carbocycles. The second kappa shape index (κ2) is 9.45. The number of carbonyl (C=O) groups is 2. The van der Waals surface area contributed by atoms with Gasteiger partial charge in [0.05, 0.1) is 65.8 Å². The van der Waals surface area contributed by atoms with E-state index >= 15 is 0 Å². The third-order valence-electron chi connectivity index (χ3n) is 5.98. The Kier molecular flexibility index (Phi) is 6.33. The van der Waals surface area contributed by atoms with Crippen molar-refractivity contribution in [2.75, 3.05) is 36.9 Å². The largest absolute Gasteiger partial charge is 0.394 e. The average Bonchev–Trinajstić information content (AvgIpc) is 3.50. The molecule has 1 aliphatic rings. The van der Waals surface area contributed by atoms with E-state index in [2.05, 4.69) is 44.6 Å². The Morgan fingerprint density at radius 3 is 2.69 bits per heavy atom. The van der Waals surface area contributed by atoms with E-state index in [0.29, 0.717) is 40.6 Å². The summed E-state index contributed by atoms with van der Waals surface area (Å²) in [5.74, 6) is -0.425. The van der Waals surface area contributed by atoms with Crippen LogP contribution in [0.3, 0.4) is 0 Å². The molecule has 0 aromatic carbocycles. The van der Waals surface area contributed by atoms with Gasteiger partial charge in [-0.3, -0.25) is 24.2 Å². The van der Waals surface area contributed by atoms with Gasteiger partial charge in [0.1, 0.15) is 4.83 Å². The molecule has 0 spiro atoms. The topological polar surface area (TPSA) is 130 Å². The van der Waals surface area contributed by atoms with Crippen molar-refractivity contribution in [1.82, 2.24) is 29.3 Å². The quantitative estimate of drug-likeness (QED) is 0.333. The van der Waals surface area contributed by atoms with E-state index in [1.165, 1.54) is 17.5 Å². The molecule has 0 aliphatic carbocycles. The molecule has 1 aliphatic heterocycles. The fraction of sp³-hybridized carbons (Fsp3) is 0.375. The maximum Gasteiger partial charge on any atom is 0.260 e. The molecule has 5 rings (SSSR count). The number of carbonyl (C=O) groups excluding carboxylic acids is 2. The van der Waals surface area contributed by atoms with Crippen LogP contribution in [0.2, 0.25) is 0 Å². The Morgan fingerprint density at radius 1 is 1.14 bits per heavy atom. The second-order valence-electron chi connectivity index (χ2n) is 9.79. The molecule has 0 unspecified atom stereocenters. The van der Waals surface area contributed by atoms with Crippen LogP contribution in [0, 0.1) is 12.3 Å². The number of anilines is 2. The molecule has 3 N–H and O–H groups in total. The first-order chi connectivity index (χ1) is 17.2. The molecule has 1 fully saturated rings. The highest BCUT2D eigenvalue weighted by Crippen LogP contribution is 2.31. The summed E-state index contributed by atoms with van der Waals surface area (Å²) in [6.07, 6.45) is 8.53. The summed E-state index contributed by atoms with van der Waals surface area (Å²) in [7, 11) is 0. The van der Waals surface area contributed by atoms with Crippen LogP contribution in [-0.4, -0.2) is 72.4 Å². The van der Waals surface area contributed by atoms with Gasteiger partial charge in [-0.1, -0.05) is 13.8 Å². The highest BCUT2D eigenvalue weighted by Gasteiger charge is 2.34. The van der Waals surface area contributed by atoms with Gasteiger partial charge in [-0.25, -0.2) is 4.52 Å². The lowest BCUT2D eigenvalue weighted by Crippen LogP contribution is -2.54. The molecule has 5 heterocycles. The van der Waals surface area contributed by atoms with Gasteiger partial charge < -0.3 is 15.7 Å². The predicted molar refractivity (Wildman–Crippen MR) is 137 cm³/mol. The van der Waals surface area contributed by atoms with E-state index in [-0.39, 0.29) is 23.8 Å². The molecule has 188 valence electrons. The summed E-state index contributed by atoms with van der Waals surface area (Å²) in [4.78, 5) is 33.6. The molecular formula is C24H28N8O3S. The SMILES string of the molecule is Cc1ncc(NC(=O)CN2CC(C)(C)C2)cc1NC(=O)c1cnn2cc(-c3cnn(CCO)c3)sc12. The third-order valence-corrected chi connectivity index (χ3v) is 7.14. The summed E-state index contributed by atoms with van der Waals surface area (Å²) in [6.45, 7) is 8.69. The molecule has 0 radical (unpaired) electrons. The van der Waals surface area contributed by atoms with Crippen molar-refractivity contribution in [2.45, 2.75) is 27.3 Å². The van der Waals surface area contributed by atoms with Gasteiger partial charge in [-0.15, -0.1) is 11.3 Å². The number of hydrogen-bond acceptors (Lipinski definition) is 8. The summed E-state index contributed by atoms with van der Waals surface area (Å²) < 4.78 is 3.33. The van der Waals surface area contributed by atoms with E-state index in [4.69, 9.17) is 5.11 Å². The number of fused-ring (bicyclic) bond motifs is 1. The van der Waals surface area contributed by atoms with Crippen molar-refractivity contribution < 1.29 is 14.7 Å². The summed E-state index contributed by atoms with van der Waals surface area (Å²) in [5, 5.41) is 23.4. The first kappa shape index (κ1) is 24.1. The van der Waals surface area contributed by atoms with Gasteiger partial charge >= 0.3 is 0 Å². The Morgan fingerprint density at radius 2 is 1.94 bits per heavy atom. The molecule has 36 heavy (non-hydrogen) atoms. The lowest BCUT2D eigenvalue weighted by molar-refractivity contribution is -0.120. The van der Waals surface area contributed by atoms with Gasteiger partial charge in [-0.05, 0) is 18.4 Å². The number of aliphatic hydroxyl groups excluding tert-OH is 1. The summed E-state index contributed by atoms with van der Waals surface area (Å²) in [6, 6.07) is 1.72. The molecule has 2 amide bonds. The van der Waals surface area contributed by atoms with Crippen LogP contribution in [0.25, 0.3) is 15.3 Å². The number of nitrogens with one attached hydrogen (secondary N) is 2. The minimum Gasteiger partial charge on any atom is -0.394 e. The normalized spacial score (nSPS) is 15.1. The highest BCUT2D eigenvalue weighted by molar-refractivity contribution is 7.21. The van der Waals surface area contributed by atoms with Crippen LogP contribution >= 0.6 is 11.3 Å². The number of hydrogen-bond donors (Lipinski definition) is 3. The van der Waals surface area contributed by atoms with Crippen molar-refractivity contribution in [3.8, 4) is 10.4 Å². The maximum atomic E-state index is 13.1. The van der Waals surface area contributed by atoms with E-state index < -0.39 is 0 Å². The van der Waals surface area contributed by atoms with Crippen LogP contribution < -0.4 is 10.6 Å². The number of likely N-dealkylation sites (tertiary alicyclic amines) is 1. The number of aryl methyl sites for hydroxylation is 1. The fourth-order valence-electron chi connectivity index (χ4n) is 4.39. The Labute approximate surface area is 211 Å². The number of aliphatic hydroxyl groups is 1. The molecule has 4 aromatic rings. The number of amides is 2. The molecule has 1 saturated heterocycles. The lowest BCUT2D eigenvalue weighted by Gasteiger charge is -2.45. The highest BCUT2D eigenvalue weighted by atomic mass is 32.1. The van der Waals surface area contributed by atoms with Crippen molar-refractivity contribution >= 4 is 39.4 Å². The van der Waals surface area contributed by atoms with Gasteiger partial charge in [0, 0.05) is 31.0 Å². The Bertz CT molecular complexity index is 1430. The number of pyridine rings is 1. The zero-order chi connectivity index (χ0) is 25.4. The summed E-state index contributed by atoms with van der Waals surface area (Å²) >= 11 is 1.43. The number of aromatic nitrogens is 5. The van der Waals surface area contributed by atoms with Gasteiger partial charge in [-0.2, -0.15) is 10.2 Å². The van der Waals surface area contributed by atoms with Crippen LogP contribution in [0.15, 0.2) is 37.1 Å². The van der Waals surface area contributed by atoms with Crippen molar-refractivity contribution in [3.63, 3.8) is 0 Å². The first-order valence-electron chi connectivity index (χ1n) is 11.6. The minimum absolute atomic E-state index is 0.00907. The Hall–Kier alpha value is -3.61. The maximum absolute atomic E-state index is 13.1. The van der Waals surface area contributed by atoms with Gasteiger partial charge in [0.15, 0.2) is 0 Å². The monoisotopic (exact) mass is 508 g/mol. The Balaban J connectivity index is 1.28. The molecule has 0 bridgehead atoms. The smallest absolute Gasteiger partial charge is 0.260 e. The van der Waals surface area contributed by atoms with Crippen molar-refractivity contribution in [1.29, 1.82) is 0 Å². The van der Waals surface area contributed by atoms with Gasteiger partial charge in [0.2, 0.25) is 5.91 Å². The molecule has 11 nitrogen and oxygen atoms in total. The zero-order valence-electron chi connectivity index (χ0n) is 20.4. The molecule has 0 atom stereocenters. The third kappa shape index (κ3) is 5.01. The molecule has 4 aromatic heterocycles. The molecular weight excluding hydrogens is 480 g/mol. The van der Waals surface area contributed by atoms with E-state index in [1.54, 1.807) is 34.6 Å². The van der Waals surface area contributed by atoms with E-state index in [0.717, 1.165) is 23.5 Å². The van der Waals surface area contributed by atoms with E-state index in [9.17, 15) is 9.59 Å². The second-order valence-corrected chi connectivity index (χ2v) is 10.8. The predicted octanol–water partition coefficient (Wildman–Crippen LogP) is 2.49. The fourth-order valence-corrected chi connectivity index (χ4v) is 5.42. The minimum atomic E-state index is -0.314. The number of nitrogens with zero attached hydrogens (tertiary/aromatic N) is 6. The van der Waals surface area contributed by atoms with E-state index in [1.807, 2.05) is 12.4 Å². The van der Waals surface area contributed by atoms with Crippen LogP contribution in [0.5, 0.6) is 0 Å². The van der Waals surface area contributed by atoms with Crippen molar-refractivity contribution in [2.24, 2.45) is 5.41 Å². The average molecular weight is 509 g/mol. The number of rotatable bonds is 8. The first-order valence-corrected chi connectivity index (χ1v) is 12.4. The lowest BCUT2D eigenvalue weighted by atomic mass is 9.84. The van der Waals surface area contributed by atoms with Crippen LogP contribution in [0.4, 0.5) is 11.4 Å². The van der Waals surface area contributed by atoms with Crippen molar-refractivity contribution in [3.05, 3.63) is 48.3 Å². The summed E-state index contributed by atoms with van der Waals surface area (Å²) in [5.41, 5.74) is 3.26. The van der Waals surface area contributed by atoms with Gasteiger partial charge in [0.25, 0.3) is 5.91 Å². The zero-order valence-corrected chi connectivity index (χ0v) is 21.2.